The highest BCUT2D eigenvalue weighted by molar-refractivity contribution is 8.33. The van der Waals surface area contributed by atoms with Gasteiger partial charge in [0, 0.05) is 38.9 Å². The van der Waals surface area contributed by atoms with Crippen LogP contribution in [0.1, 0.15) is 0 Å². The number of pyridine rings is 1. The lowest BCUT2D eigenvalue weighted by Gasteiger charge is -2.28. The van der Waals surface area contributed by atoms with Gasteiger partial charge in [0.2, 0.25) is 0 Å². The van der Waals surface area contributed by atoms with Gasteiger partial charge in [-0.1, -0.05) is 60.7 Å². The van der Waals surface area contributed by atoms with Crippen molar-refractivity contribution in [3.63, 3.8) is 0 Å². The maximum atomic E-state index is 4.89. The van der Waals surface area contributed by atoms with Crippen molar-refractivity contribution in [2.24, 2.45) is 0 Å². The average molecular weight is 447 g/mol. The Labute approximate surface area is 194 Å². The van der Waals surface area contributed by atoms with Crippen LogP contribution >= 0.6 is 10.0 Å². The highest BCUT2D eigenvalue weighted by Gasteiger charge is 2.31. The second-order valence-electron chi connectivity index (χ2n) is 8.44. The Bertz CT molecular complexity index is 1420. The lowest BCUT2D eigenvalue weighted by Crippen LogP contribution is -2.01. The van der Waals surface area contributed by atoms with Crippen molar-refractivity contribution in [3.8, 4) is 45.3 Å². The van der Waals surface area contributed by atoms with Crippen LogP contribution in [0.15, 0.2) is 107 Å². The van der Waals surface area contributed by atoms with Gasteiger partial charge in [0.05, 0.1) is 0 Å². The molecular formula is C28H22N4S. The fourth-order valence-corrected chi connectivity index (χ4v) is 6.94. The molecule has 2 aromatic heterocycles. The van der Waals surface area contributed by atoms with Crippen LogP contribution in [-0.4, -0.2) is 32.4 Å². The van der Waals surface area contributed by atoms with Gasteiger partial charge in [0.25, 0.3) is 0 Å². The van der Waals surface area contributed by atoms with Gasteiger partial charge < -0.3 is 0 Å². The first-order valence-electron chi connectivity index (χ1n) is 10.8. The fourth-order valence-electron chi connectivity index (χ4n) is 4.41. The third-order valence-corrected chi connectivity index (χ3v) is 9.02. The molecule has 5 aromatic rings. The Morgan fingerprint density at radius 1 is 0.515 bits per heavy atom. The lowest BCUT2D eigenvalue weighted by molar-refractivity contribution is 1.07. The third-order valence-electron chi connectivity index (χ3n) is 6.12. The van der Waals surface area contributed by atoms with Crippen LogP contribution in [0, 0.1) is 0 Å². The van der Waals surface area contributed by atoms with E-state index in [9.17, 15) is 0 Å². The number of aromatic nitrogens is 4. The van der Waals surface area contributed by atoms with E-state index in [1.165, 1.54) is 20.9 Å². The number of hydrogen-bond donors (Lipinski definition) is 0. The van der Waals surface area contributed by atoms with Gasteiger partial charge in [-0.15, -0.1) is 0 Å². The van der Waals surface area contributed by atoms with Crippen molar-refractivity contribution in [2.45, 2.75) is 9.79 Å². The van der Waals surface area contributed by atoms with E-state index in [4.69, 9.17) is 15.0 Å². The van der Waals surface area contributed by atoms with E-state index in [2.05, 4.69) is 60.0 Å². The van der Waals surface area contributed by atoms with Crippen LogP contribution in [0.25, 0.3) is 45.3 Å². The predicted molar refractivity (Wildman–Crippen MR) is 135 cm³/mol. The van der Waals surface area contributed by atoms with Gasteiger partial charge in [0.15, 0.2) is 17.5 Å². The molecule has 0 radical (unpaired) electrons. The molecule has 0 unspecified atom stereocenters. The first kappa shape index (κ1) is 19.8. The summed E-state index contributed by atoms with van der Waals surface area (Å²) in [5.41, 5.74) is 5.57. The van der Waals surface area contributed by atoms with E-state index in [0.717, 1.165) is 16.7 Å². The highest BCUT2D eigenvalue weighted by atomic mass is 32.3. The minimum atomic E-state index is -1.10. The fraction of sp³-hybridized carbons (Fsp3) is 0.0714. The molecule has 1 aliphatic heterocycles. The van der Waals surface area contributed by atoms with Gasteiger partial charge in [-0.05, 0) is 47.9 Å². The van der Waals surface area contributed by atoms with Crippen LogP contribution in [0.2, 0.25) is 0 Å². The maximum absolute atomic E-state index is 4.89. The van der Waals surface area contributed by atoms with Gasteiger partial charge >= 0.3 is 0 Å². The zero-order valence-corrected chi connectivity index (χ0v) is 19.3. The largest absolute Gasteiger partial charge is 0.265 e. The normalized spacial score (nSPS) is 14.4. The molecule has 0 saturated heterocycles. The SMILES string of the molecule is CS1(C)c2ccccc2-c2ccc(-c3nc(-c4ccccc4)nc(-c4ccncc4)n3)cc21. The van der Waals surface area contributed by atoms with Crippen molar-refractivity contribution in [2.75, 3.05) is 12.5 Å². The summed E-state index contributed by atoms with van der Waals surface area (Å²) in [5, 5.41) is 0. The standard InChI is InChI=1S/C28H22N4S/c1-33(2)24-11-7-6-10-22(24)23-13-12-21(18-25(23)33)28-31-26(19-8-4-3-5-9-19)30-27(32-28)20-14-16-29-17-15-20/h3-18H,1-2H3. The Morgan fingerprint density at radius 2 is 1.09 bits per heavy atom. The maximum Gasteiger partial charge on any atom is 0.164 e. The number of nitrogens with zero attached hydrogens (tertiary/aromatic N) is 4. The second-order valence-corrected chi connectivity index (χ2v) is 12.0. The van der Waals surface area contributed by atoms with Crippen molar-refractivity contribution < 1.29 is 0 Å². The van der Waals surface area contributed by atoms with Crippen LogP contribution in [0.5, 0.6) is 0 Å². The molecule has 0 aliphatic carbocycles. The van der Waals surface area contributed by atoms with E-state index < -0.39 is 10.0 Å². The Hall–Kier alpha value is -3.83. The molecule has 6 rings (SSSR count). The zero-order chi connectivity index (χ0) is 22.4. The van der Waals surface area contributed by atoms with Gasteiger partial charge in [-0.3, -0.25) is 4.98 Å². The quantitative estimate of drug-likeness (QED) is 0.308. The molecule has 3 aromatic carbocycles. The van der Waals surface area contributed by atoms with Crippen molar-refractivity contribution in [1.82, 2.24) is 19.9 Å². The molecule has 0 saturated carbocycles. The Morgan fingerprint density at radius 3 is 1.82 bits per heavy atom. The minimum absolute atomic E-state index is 0.650. The molecule has 3 heterocycles. The third kappa shape index (κ3) is 3.33. The molecule has 33 heavy (non-hydrogen) atoms. The molecule has 0 fully saturated rings. The second kappa shape index (κ2) is 7.64. The van der Waals surface area contributed by atoms with E-state index >= 15 is 0 Å². The van der Waals surface area contributed by atoms with Crippen LogP contribution in [-0.2, 0) is 0 Å². The van der Waals surface area contributed by atoms with Gasteiger partial charge in [0.1, 0.15) is 0 Å². The van der Waals surface area contributed by atoms with Crippen LogP contribution in [0.3, 0.4) is 0 Å². The molecule has 0 amide bonds. The smallest absolute Gasteiger partial charge is 0.164 e. The summed E-state index contributed by atoms with van der Waals surface area (Å²) in [6.45, 7) is 0. The molecule has 160 valence electrons. The van der Waals surface area contributed by atoms with Crippen molar-refractivity contribution >= 4 is 10.0 Å². The van der Waals surface area contributed by atoms with Crippen LogP contribution < -0.4 is 0 Å². The predicted octanol–water partition coefficient (Wildman–Crippen LogP) is 6.73. The zero-order valence-electron chi connectivity index (χ0n) is 18.4. The number of benzene rings is 3. The van der Waals surface area contributed by atoms with Crippen LogP contribution in [0.4, 0.5) is 0 Å². The van der Waals surface area contributed by atoms with Crippen molar-refractivity contribution in [1.29, 1.82) is 0 Å². The van der Waals surface area contributed by atoms with Crippen molar-refractivity contribution in [3.05, 3.63) is 97.3 Å². The average Bonchev–Trinajstić information content (AvgIpc) is 3.11. The minimum Gasteiger partial charge on any atom is -0.265 e. The summed E-state index contributed by atoms with van der Waals surface area (Å²) in [5.74, 6) is 2.00. The topological polar surface area (TPSA) is 51.6 Å². The summed E-state index contributed by atoms with van der Waals surface area (Å²) in [6.07, 6.45) is 8.26. The van der Waals surface area contributed by atoms with E-state index in [-0.39, 0.29) is 0 Å². The summed E-state index contributed by atoms with van der Waals surface area (Å²) in [4.78, 5) is 21.5. The molecule has 1 aliphatic rings. The molecule has 0 spiro atoms. The summed E-state index contributed by atoms with van der Waals surface area (Å²) in [7, 11) is -1.10. The van der Waals surface area contributed by atoms with Gasteiger partial charge in [-0.2, -0.15) is 10.0 Å². The molecule has 0 N–H and O–H groups in total. The molecule has 4 nitrogen and oxygen atoms in total. The summed E-state index contributed by atoms with van der Waals surface area (Å²) < 4.78 is 0. The van der Waals surface area contributed by atoms with E-state index in [1.54, 1.807) is 12.4 Å². The Kier molecular flexibility index (Phi) is 4.59. The Balaban J connectivity index is 1.54. The molecule has 5 heteroatoms. The lowest BCUT2D eigenvalue weighted by atomic mass is 10.0. The van der Waals surface area contributed by atoms with E-state index in [1.807, 2.05) is 42.5 Å². The van der Waals surface area contributed by atoms with Gasteiger partial charge in [-0.25, -0.2) is 15.0 Å². The molecular weight excluding hydrogens is 424 g/mol. The molecule has 0 atom stereocenters. The first-order valence-corrected chi connectivity index (χ1v) is 13.3. The molecule has 0 bridgehead atoms. The summed E-state index contributed by atoms with van der Waals surface area (Å²) in [6, 6.07) is 29.3. The number of rotatable bonds is 3. The van der Waals surface area contributed by atoms with E-state index in [0.29, 0.717) is 17.5 Å². The number of hydrogen-bond acceptors (Lipinski definition) is 4. The summed E-state index contributed by atoms with van der Waals surface area (Å²) >= 11 is 0. The number of fused-ring (bicyclic) bond motifs is 3. The highest BCUT2D eigenvalue weighted by Crippen LogP contribution is 2.67. The monoisotopic (exact) mass is 446 g/mol. The first-order chi connectivity index (χ1) is 16.1.